The number of hydrogen-bond donors (Lipinski definition) is 3. The van der Waals surface area contributed by atoms with Crippen molar-refractivity contribution in [3.63, 3.8) is 0 Å². The maximum atomic E-state index is 14.4. The van der Waals surface area contributed by atoms with E-state index in [9.17, 15) is 19.1 Å². The Balaban J connectivity index is 2.04. The second kappa shape index (κ2) is 7.02. The Hall–Kier alpha value is -3.72. The van der Waals surface area contributed by atoms with Crippen molar-refractivity contribution in [3.05, 3.63) is 59.3 Å². The van der Waals surface area contributed by atoms with Crippen molar-refractivity contribution in [1.29, 1.82) is 0 Å². The van der Waals surface area contributed by atoms with E-state index in [0.717, 1.165) is 10.6 Å². The summed E-state index contributed by atoms with van der Waals surface area (Å²) in [7, 11) is 0. The van der Waals surface area contributed by atoms with Crippen LogP contribution in [0.1, 0.15) is 10.5 Å². The molecular formula is C19H12ClFN4O4. The number of fused-ring (bicyclic) bond motifs is 3. The van der Waals surface area contributed by atoms with Crippen LogP contribution in [0.5, 0.6) is 5.75 Å². The quantitative estimate of drug-likeness (QED) is 0.472. The third kappa shape index (κ3) is 3.21. The molecule has 146 valence electrons. The van der Waals surface area contributed by atoms with Crippen molar-refractivity contribution >= 4 is 39.9 Å². The van der Waals surface area contributed by atoms with E-state index in [0.29, 0.717) is 21.5 Å². The summed E-state index contributed by atoms with van der Waals surface area (Å²) < 4.78 is 15.5. The van der Waals surface area contributed by atoms with E-state index in [1.807, 2.05) is 0 Å². The first-order valence-electron chi connectivity index (χ1n) is 8.30. The van der Waals surface area contributed by atoms with Gasteiger partial charge in [-0.25, -0.2) is 13.9 Å². The monoisotopic (exact) mass is 414 g/mol. The van der Waals surface area contributed by atoms with Gasteiger partial charge in [0, 0.05) is 15.8 Å². The van der Waals surface area contributed by atoms with Crippen LogP contribution in [0.15, 0.2) is 42.7 Å². The number of carbonyl (C=O) groups excluding carboxylic acids is 1. The number of benzene rings is 2. The van der Waals surface area contributed by atoms with E-state index in [1.165, 1.54) is 12.4 Å². The molecule has 2 aromatic carbocycles. The lowest BCUT2D eigenvalue weighted by molar-refractivity contribution is -0.135. The van der Waals surface area contributed by atoms with Crippen LogP contribution in [0.25, 0.3) is 27.5 Å². The molecule has 0 radical (unpaired) electrons. The Bertz CT molecular complexity index is 1290. The molecule has 0 aliphatic heterocycles. The molecule has 10 heteroatoms. The van der Waals surface area contributed by atoms with Gasteiger partial charge in [0.15, 0.2) is 17.1 Å². The van der Waals surface area contributed by atoms with Gasteiger partial charge in [-0.05, 0) is 35.4 Å². The summed E-state index contributed by atoms with van der Waals surface area (Å²) in [5, 5.41) is 26.6. The molecule has 0 saturated carbocycles. The molecule has 0 atom stereocenters. The number of pyridine rings is 1. The number of amides is 1. The molecule has 0 aliphatic carbocycles. The Morgan fingerprint density at radius 1 is 1.21 bits per heavy atom. The number of nitrogens with one attached hydrogen (secondary N) is 1. The topological polar surface area (TPSA) is 117 Å². The minimum Gasteiger partial charge on any atom is -0.505 e. The third-order valence-corrected chi connectivity index (χ3v) is 4.59. The van der Waals surface area contributed by atoms with Crippen LogP contribution in [0.2, 0.25) is 5.02 Å². The van der Waals surface area contributed by atoms with Crippen LogP contribution in [0, 0.1) is 5.82 Å². The number of halogens is 2. The minimum atomic E-state index is -1.26. The maximum Gasteiger partial charge on any atom is 0.322 e. The molecule has 4 aromatic rings. The SMILES string of the molecule is O=C(O)CNC(=O)c1c(O)c2cc(F)cc(-c3ccc(Cl)cc3)c2c2ncnn12. The van der Waals surface area contributed by atoms with Crippen molar-refractivity contribution in [2.24, 2.45) is 0 Å². The predicted molar refractivity (Wildman–Crippen MR) is 103 cm³/mol. The second-order valence-electron chi connectivity index (χ2n) is 6.15. The first-order valence-corrected chi connectivity index (χ1v) is 8.68. The Morgan fingerprint density at radius 3 is 2.62 bits per heavy atom. The molecule has 4 rings (SSSR count). The second-order valence-corrected chi connectivity index (χ2v) is 6.59. The number of hydrogen-bond acceptors (Lipinski definition) is 5. The molecular weight excluding hydrogens is 403 g/mol. The lowest BCUT2D eigenvalue weighted by Gasteiger charge is -2.14. The van der Waals surface area contributed by atoms with Crippen molar-refractivity contribution in [1.82, 2.24) is 19.9 Å². The van der Waals surface area contributed by atoms with Crippen LogP contribution in [-0.4, -0.2) is 43.2 Å². The highest BCUT2D eigenvalue weighted by Crippen LogP contribution is 2.38. The number of aliphatic carboxylic acids is 1. The Morgan fingerprint density at radius 2 is 1.93 bits per heavy atom. The molecule has 2 heterocycles. The van der Waals surface area contributed by atoms with Crippen LogP contribution in [-0.2, 0) is 4.79 Å². The Kier molecular flexibility index (Phi) is 4.51. The summed E-state index contributed by atoms with van der Waals surface area (Å²) in [6, 6.07) is 9.02. The van der Waals surface area contributed by atoms with Crippen molar-refractivity contribution in [2.75, 3.05) is 6.54 Å². The van der Waals surface area contributed by atoms with Gasteiger partial charge < -0.3 is 15.5 Å². The molecule has 2 aromatic heterocycles. The van der Waals surface area contributed by atoms with Gasteiger partial charge in [0.1, 0.15) is 18.7 Å². The number of nitrogens with zero attached hydrogens (tertiary/aromatic N) is 3. The molecule has 3 N–H and O–H groups in total. The zero-order valence-corrected chi connectivity index (χ0v) is 15.3. The van der Waals surface area contributed by atoms with Gasteiger partial charge in [0.2, 0.25) is 0 Å². The van der Waals surface area contributed by atoms with Gasteiger partial charge in [-0.2, -0.15) is 5.10 Å². The maximum absolute atomic E-state index is 14.4. The normalized spacial score (nSPS) is 11.1. The van der Waals surface area contributed by atoms with Crippen LogP contribution in [0.3, 0.4) is 0 Å². The van der Waals surface area contributed by atoms with Crippen LogP contribution >= 0.6 is 11.6 Å². The number of aromatic nitrogens is 3. The van der Waals surface area contributed by atoms with Crippen molar-refractivity contribution < 1.29 is 24.2 Å². The standard InChI is InChI=1S/C19H12ClFN4O4/c20-10-3-1-9(2-4-10)12-5-11(21)6-13-15(12)18-23-8-24-25(18)16(17(13)28)19(29)22-7-14(26)27/h1-6,8,28H,7H2,(H,22,29)(H,26,27). The van der Waals surface area contributed by atoms with Crippen LogP contribution < -0.4 is 5.32 Å². The first kappa shape index (κ1) is 18.6. The molecule has 29 heavy (non-hydrogen) atoms. The Labute approximate surface area is 167 Å². The van der Waals surface area contributed by atoms with E-state index in [-0.39, 0.29) is 16.7 Å². The summed E-state index contributed by atoms with van der Waals surface area (Å²) in [5.74, 6) is -3.33. The largest absolute Gasteiger partial charge is 0.505 e. The molecule has 0 fully saturated rings. The lowest BCUT2D eigenvalue weighted by atomic mass is 9.97. The summed E-state index contributed by atoms with van der Waals surface area (Å²) >= 11 is 5.93. The van der Waals surface area contributed by atoms with E-state index < -0.39 is 30.0 Å². The summed E-state index contributed by atoms with van der Waals surface area (Å²) in [6.45, 7) is -0.661. The summed E-state index contributed by atoms with van der Waals surface area (Å²) in [6.07, 6.45) is 1.18. The highest BCUT2D eigenvalue weighted by molar-refractivity contribution is 6.30. The van der Waals surface area contributed by atoms with E-state index >= 15 is 0 Å². The number of carbonyl (C=O) groups is 2. The van der Waals surface area contributed by atoms with Gasteiger partial charge in [0.25, 0.3) is 5.91 Å². The van der Waals surface area contributed by atoms with Crippen LogP contribution in [0.4, 0.5) is 4.39 Å². The highest BCUT2D eigenvalue weighted by atomic mass is 35.5. The highest BCUT2D eigenvalue weighted by Gasteiger charge is 2.24. The lowest BCUT2D eigenvalue weighted by Crippen LogP contribution is -2.31. The third-order valence-electron chi connectivity index (χ3n) is 4.34. The summed E-state index contributed by atoms with van der Waals surface area (Å²) in [5.41, 5.74) is 0.885. The van der Waals surface area contributed by atoms with Gasteiger partial charge >= 0.3 is 5.97 Å². The van der Waals surface area contributed by atoms with Gasteiger partial charge in [-0.15, -0.1) is 0 Å². The fourth-order valence-corrected chi connectivity index (χ4v) is 3.26. The molecule has 0 saturated heterocycles. The molecule has 1 amide bonds. The number of carboxylic acids is 1. The molecule has 0 aliphatic rings. The summed E-state index contributed by atoms with van der Waals surface area (Å²) in [4.78, 5) is 27.4. The molecule has 8 nitrogen and oxygen atoms in total. The number of rotatable bonds is 4. The minimum absolute atomic E-state index is 0.0379. The average Bonchev–Trinajstić information content (AvgIpc) is 3.15. The average molecular weight is 415 g/mol. The fraction of sp³-hybridized carbons (Fsp3) is 0.0526. The van der Waals surface area contributed by atoms with Crippen molar-refractivity contribution in [2.45, 2.75) is 0 Å². The zero-order chi connectivity index (χ0) is 20.7. The first-order chi connectivity index (χ1) is 13.9. The van der Waals surface area contributed by atoms with E-state index in [2.05, 4.69) is 15.4 Å². The number of aromatic hydroxyl groups is 1. The van der Waals surface area contributed by atoms with Crippen molar-refractivity contribution in [3.8, 4) is 16.9 Å². The number of carboxylic acid groups (broad SMARTS) is 1. The zero-order valence-electron chi connectivity index (χ0n) is 14.6. The van der Waals surface area contributed by atoms with E-state index in [1.54, 1.807) is 24.3 Å². The smallest absolute Gasteiger partial charge is 0.322 e. The molecule has 0 spiro atoms. The fourth-order valence-electron chi connectivity index (χ4n) is 3.14. The molecule has 0 bridgehead atoms. The van der Waals surface area contributed by atoms with Gasteiger partial charge in [-0.1, -0.05) is 23.7 Å². The predicted octanol–water partition coefficient (Wildman–Crippen LogP) is 2.86. The molecule has 0 unspecified atom stereocenters. The van der Waals surface area contributed by atoms with E-state index in [4.69, 9.17) is 16.7 Å². The van der Waals surface area contributed by atoms with Gasteiger partial charge in [-0.3, -0.25) is 9.59 Å². The van der Waals surface area contributed by atoms with Gasteiger partial charge in [0.05, 0.1) is 0 Å².